The van der Waals surface area contributed by atoms with Crippen LogP contribution in [0.15, 0.2) is 24.3 Å². The third-order valence-corrected chi connectivity index (χ3v) is 3.04. The van der Waals surface area contributed by atoms with Gasteiger partial charge in [-0.15, -0.1) is 0 Å². The molecule has 0 N–H and O–H groups in total. The van der Waals surface area contributed by atoms with E-state index in [1.165, 1.54) is 5.56 Å². The summed E-state index contributed by atoms with van der Waals surface area (Å²) in [5.74, 6) is 0.627. The zero-order valence-corrected chi connectivity index (χ0v) is 11.4. The molecule has 1 rings (SSSR count). The SMILES string of the molecule is COC(C)(C)CC(=O)c1ccc(C(C)C)cc1. The summed E-state index contributed by atoms with van der Waals surface area (Å²) < 4.78 is 5.27. The molecule has 2 heteroatoms. The Labute approximate surface area is 104 Å². The Morgan fingerprint density at radius 3 is 2.18 bits per heavy atom. The molecule has 0 aromatic heterocycles. The molecule has 17 heavy (non-hydrogen) atoms. The van der Waals surface area contributed by atoms with Crippen molar-refractivity contribution < 1.29 is 9.53 Å². The Morgan fingerprint density at radius 2 is 1.76 bits per heavy atom. The van der Waals surface area contributed by atoms with Gasteiger partial charge in [-0.1, -0.05) is 38.1 Å². The first kappa shape index (κ1) is 13.9. The third kappa shape index (κ3) is 3.97. The van der Waals surface area contributed by atoms with Gasteiger partial charge in [-0.3, -0.25) is 4.79 Å². The maximum absolute atomic E-state index is 12.0. The van der Waals surface area contributed by atoms with Crippen molar-refractivity contribution in [3.63, 3.8) is 0 Å². The van der Waals surface area contributed by atoms with Gasteiger partial charge in [0.15, 0.2) is 5.78 Å². The van der Waals surface area contributed by atoms with Crippen molar-refractivity contribution in [2.24, 2.45) is 0 Å². The van der Waals surface area contributed by atoms with Gasteiger partial charge in [0.25, 0.3) is 0 Å². The van der Waals surface area contributed by atoms with E-state index < -0.39 is 5.60 Å². The number of hydrogen-bond acceptors (Lipinski definition) is 2. The Kier molecular flexibility index (Phi) is 4.47. The van der Waals surface area contributed by atoms with Crippen LogP contribution < -0.4 is 0 Å². The largest absolute Gasteiger partial charge is 0.378 e. The molecule has 0 heterocycles. The topological polar surface area (TPSA) is 26.3 Å². The molecule has 0 bridgehead atoms. The fourth-order valence-corrected chi connectivity index (χ4v) is 1.61. The van der Waals surface area contributed by atoms with E-state index in [9.17, 15) is 4.79 Å². The lowest BCUT2D eigenvalue weighted by atomic mass is 9.95. The summed E-state index contributed by atoms with van der Waals surface area (Å²) in [4.78, 5) is 12.0. The summed E-state index contributed by atoms with van der Waals surface area (Å²) >= 11 is 0. The predicted octanol–water partition coefficient (Wildman–Crippen LogP) is 3.81. The highest BCUT2D eigenvalue weighted by molar-refractivity contribution is 5.96. The molecule has 2 nitrogen and oxygen atoms in total. The molecule has 0 atom stereocenters. The lowest BCUT2D eigenvalue weighted by Crippen LogP contribution is -2.26. The van der Waals surface area contributed by atoms with Crippen molar-refractivity contribution in [2.45, 2.75) is 45.6 Å². The zero-order chi connectivity index (χ0) is 13.1. The highest BCUT2D eigenvalue weighted by Gasteiger charge is 2.21. The van der Waals surface area contributed by atoms with Crippen LogP contribution in [0.25, 0.3) is 0 Å². The smallest absolute Gasteiger partial charge is 0.165 e. The summed E-state index contributed by atoms with van der Waals surface area (Å²) in [6.45, 7) is 8.14. The van der Waals surface area contributed by atoms with Gasteiger partial charge in [0.05, 0.1) is 5.60 Å². The fourth-order valence-electron chi connectivity index (χ4n) is 1.61. The Hall–Kier alpha value is -1.15. The molecule has 0 aliphatic carbocycles. The summed E-state index contributed by atoms with van der Waals surface area (Å²) in [7, 11) is 1.63. The number of Topliss-reactive ketones (excluding diaryl/α,β-unsaturated/α-hetero) is 1. The fraction of sp³-hybridized carbons (Fsp3) is 0.533. The Balaban J connectivity index is 2.77. The number of carbonyl (C=O) groups excluding carboxylic acids is 1. The van der Waals surface area contributed by atoms with Gasteiger partial charge in [-0.25, -0.2) is 0 Å². The second-order valence-corrected chi connectivity index (χ2v) is 5.34. The van der Waals surface area contributed by atoms with Crippen LogP contribution in [0.1, 0.15) is 56.0 Å². The first-order valence-electron chi connectivity index (χ1n) is 6.04. The van der Waals surface area contributed by atoms with E-state index in [0.717, 1.165) is 5.56 Å². The van der Waals surface area contributed by atoms with Gasteiger partial charge >= 0.3 is 0 Å². The third-order valence-electron chi connectivity index (χ3n) is 3.04. The number of methoxy groups -OCH3 is 1. The van der Waals surface area contributed by atoms with Crippen molar-refractivity contribution in [3.8, 4) is 0 Å². The maximum Gasteiger partial charge on any atom is 0.165 e. The lowest BCUT2D eigenvalue weighted by Gasteiger charge is -2.21. The molecule has 94 valence electrons. The molecule has 0 unspecified atom stereocenters. The summed E-state index contributed by atoms with van der Waals surface area (Å²) in [6, 6.07) is 7.86. The van der Waals surface area contributed by atoms with Gasteiger partial charge in [-0.2, -0.15) is 0 Å². The molecule has 0 aliphatic rings. The minimum Gasteiger partial charge on any atom is -0.378 e. The molecule has 0 saturated carbocycles. The van der Waals surface area contributed by atoms with E-state index in [4.69, 9.17) is 4.74 Å². The van der Waals surface area contributed by atoms with Crippen LogP contribution in [-0.2, 0) is 4.74 Å². The molecule has 0 saturated heterocycles. The minimum absolute atomic E-state index is 0.132. The number of carbonyl (C=O) groups is 1. The van der Waals surface area contributed by atoms with Gasteiger partial charge in [0.1, 0.15) is 0 Å². The van der Waals surface area contributed by atoms with E-state index in [0.29, 0.717) is 12.3 Å². The summed E-state index contributed by atoms with van der Waals surface area (Å²) in [5.41, 5.74) is 1.63. The molecular formula is C15H22O2. The van der Waals surface area contributed by atoms with E-state index in [2.05, 4.69) is 13.8 Å². The molecular weight excluding hydrogens is 212 g/mol. The maximum atomic E-state index is 12.0. The quantitative estimate of drug-likeness (QED) is 0.724. The van der Waals surface area contributed by atoms with Gasteiger partial charge in [0, 0.05) is 19.1 Å². The molecule has 0 amide bonds. The number of ether oxygens (including phenoxy) is 1. The first-order chi connectivity index (χ1) is 7.85. The van der Waals surface area contributed by atoms with E-state index >= 15 is 0 Å². The molecule has 0 aliphatic heterocycles. The van der Waals surface area contributed by atoms with Crippen molar-refractivity contribution >= 4 is 5.78 Å². The normalized spacial score (nSPS) is 11.9. The molecule has 1 aromatic carbocycles. The van der Waals surface area contributed by atoms with Crippen LogP contribution in [0, 0.1) is 0 Å². The van der Waals surface area contributed by atoms with Crippen LogP contribution in [0.5, 0.6) is 0 Å². The highest BCUT2D eigenvalue weighted by Crippen LogP contribution is 2.19. The molecule has 0 radical (unpaired) electrons. The first-order valence-corrected chi connectivity index (χ1v) is 6.04. The van der Waals surface area contributed by atoms with Crippen LogP contribution in [0.4, 0.5) is 0 Å². The molecule has 1 aromatic rings. The van der Waals surface area contributed by atoms with E-state index in [-0.39, 0.29) is 5.78 Å². The van der Waals surface area contributed by atoms with Crippen molar-refractivity contribution in [3.05, 3.63) is 35.4 Å². The number of ketones is 1. The standard InChI is InChI=1S/C15H22O2/c1-11(2)12-6-8-13(9-7-12)14(16)10-15(3,4)17-5/h6-9,11H,10H2,1-5H3. The number of benzene rings is 1. The zero-order valence-electron chi connectivity index (χ0n) is 11.4. The van der Waals surface area contributed by atoms with Gasteiger partial charge in [0.2, 0.25) is 0 Å². The van der Waals surface area contributed by atoms with Crippen LogP contribution in [0.3, 0.4) is 0 Å². The Bertz CT molecular complexity index is 374. The van der Waals surface area contributed by atoms with Crippen molar-refractivity contribution in [1.29, 1.82) is 0 Å². The second kappa shape index (κ2) is 5.46. The van der Waals surface area contributed by atoms with Crippen LogP contribution in [-0.4, -0.2) is 18.5 Å². The molecule has 0 fully saturated rings. The van der Waals surface area contributed by atoms with E-state index in [1.54, 1.807) is 7.11 Å². The van der Waals surface area contributed by atoms with Gasteiger partial charge < -0.3 is 4.74 Å². The van der Waals surface area contributed by atoms with Gasteiger partial charge in [-0.05, 0) is 25.3 Å². The summed E-state index contributed by atoms with van der Waals surface area (Å²) in [6.07, 6.45) is 0.407. The predicted molar refractivity (Wildman–Crippen MR) is 70.6 cm³/mol. The minimum atomic E-state index is -0.395. The monoisotopic (exact) mass is 234 g/mol. The highest BCUT2D eigenvalue weighted by atomic mass is 16.5. The molecule has 0 spiro atoms. The second-order valence-electron chi connectivity index (χ2n) is 5.34. The summed E-state index contributed by atoms with van der Waals surface area (Å²) in [5, 5.41) is 0. The van der Waals surface area contributed by atoms with Crippen LogP contribution in [0.2, 0.25) is 0 Å². The average Bonchev–Trinajstić information content (AvgIpc) is 2.28. The van der Waals surface area contributed by atoms with Crippen molar-refractivity contribution in [2.75, 3.05) is 7.11 Å². The van der Waals surface area contributed by atoms with Crippen LogP contribution >= 0.6 is 0 Å². The Morgan fingerprint density at radius 1 is 1.24 bits per heavy atom. The van der Waals surface area contributed by atoms with Crippen molar-refractivity contribution in [1.82, 2.24) is 0 Å². The lowest BCUT2D eigenvalue weighted by molar-refractivity contribution is 0.0172. The number of rotatable bonds is 5. The van der Waals surface area contributed by atoms with E-state index in [1.807, 2.05) is 38.1 Å². The average molecular weight is 234 g/mol. The number of hydrogen-bond donors (Lipinski definition) is 0.